The van der Waals surface area contributed by atoms with Crippen LogP contribution in [0.2, 0.25) is 0 Å². The molecule has 0 bridgehead atoms. The molecule has 0 aliphatic carbocycles. The smallest absolute Gasteiger partial charge is 0.407 e. The lowest BCUT2D eigenvalue weighted by atomic mass is 9.92. The van der Waals surface area contributed by atoms with Crippen molar-refractivity contribution in [3.63, 3.8) is 0 Å². The second-order valence-electron chi connectivity index (χ2n) is 13.4. The Morgan fingerprint density at radius 2 is 1.74 bits per heavy atom. The number of alkyl carbamates (subject to hydrolysis) is 1. The summed E-state index contributed by atoms with van der Waals surface area (Å²) < 4.78 is 65.3. The summed E-state index contributed by atoms with van der Waals surface area (Å²) in [7, 11) is 0. The minimum absolute atomic E-state index is 0.0600. The molecule has 1 amide bonds. The van der Waals surface area contributed by atoms with Gasteiger partial charge in [0, 0.05) is 50.7 Å². The third-order valence-electron chi connectivity index (χ3n) is 8.88. The molecule has 12 nitrogen and oxygen atoms in total. The van der Waals surface area contributed by atoms with Crippen molar-refractivity contribution < 1.29 is 36.7 Å². The van der Waals surface area contributed by atoms with Crippen LogP contribution in [0.1, 0.15) is 70.2 Å². The Morgan fingerprint density at radius 3 is 2.43 bits per heavy atom. The minimum Gasteiger partial charge on any atom is -0.487 e. The number of hydrogen-bond acceptors (Lipinski definition) is 11. The first-order valence-electron chi connectivity index (χ1n) is 16.0. The van der Waals surface area contributed by atoms with Gasteiger partial charge in [0.15, 0.2) is 23.2 Å². The van der Waals surface area contributed by atoms with Gasteiger partial charge in [-0.05, 0) is 64.5 Å². The zero-order valence-electron chi connectivity index (χ0n) is 26.9. The summed E-state index contributed by atoms with van der Waals surface area (Å²) in [5.41, 5.74) is -0.823. The normalized spacial score (nSPS) is 22.8. The van der Waals surface area contributed by atoms with Gasteiger partial charge in [-0.2, -0.15) is 4.98 Å². The zero-order valence-corrected chi connectivity index (χ0v) is 26.9. The van der Waals surface area contributed by atoms with Crippen LogP contribution in [0.3, 0.4) is 0 Å². The minimum atomic E-state index is -1.28. The molecule has 3 aromatic rings. The van der Waals surface area contributed by atoms with Crippen LogP contribution in [-0.2, 0) is 9.47 Å². The van der Waals surface area contributed by atoms with Crippen LogP contribution in [0.5, 0.6) is 5.75 Å². The number of halogens is 3. The second-order valence-corrected chi connectivity index (χ2v) is 13.4. The molecule has 3 fully saturated rings. The average Bonchev–Trinajstić information content (AvgIpc) is 3.80. The van der Waals surface area contributed by atoms with Gasteiger partial charge in [-0.1, -0.05) is 5.16 Å². The molecule has 254 valence electrons. The Labute approximate surface area is 271 Å². The summed E-state index contributed by atoms with van der Waals surface area (Å²) in [6, 6.07) is 1.20. The van der Waals surface area contributed by atoms with Crippen LogP contribution >= 0.6 is 0 Å². The Hall–Kier alpha value is -4.14. The summed E-state index contributed by atoms with van der Waals surface area (Å²) in [5.74, 6) is -2.08. The fourth-order valence-corrected chi connectivity index (χ4v) is 6.37. The van der Waals surface area contributed by atoms with Crippen LogP contribution < -0.4 is 19.9 Å². The lowest BCUT2D eigenvalue weighted by molar-refractivity contribution is 0.0504. The summed E-state index contributed by atoms with van der Waals surface area (Å²) in [6.45, 7) is 10.4. The lowest BCUT2D eigenvalue weighted by Gasteiger charge is -2.33. The Morgan fingerprint density at radius 1 is 1.02 bits per heavy atom. The van der Waals surface area contributed by atoms with Gasteiger partial charge < -0.3 is 33.9 Å². The molecule has 1 aromatic carbocycles. The summed E-state index contributed by atoms with van der Waals surface area (Å²) >= 11 is 0. The zero-order chi connectivity index (χ0) is 33.3. The largest absolute Gasteiger partial charge is 0.487 e. The monoisotopic (exact) mass is 659 g/mol. The maximum atomic E-state index is 14.9. The Kier molecular flexibility index (Phi) is 9.44. The number of benzene rings is 1. The molecular formula is C32H40F3N7O5. The number of hydrogen-bond donors (Lipinski definition) is 1. The highest BCUT2D eigenvalue weighted by molar-refractivity contribution is 5.68. The van der Waals surface area contributed by atoms with Crippen LogP contribution in [0.15, 0.2) is 29.0 Å². The molecular weight excluding hydrogens is 619 g/mol. The van der Waals surface area contributed by atoms with E-state index >= 15 is 0 Å². The first-order valence-corrected chi connectivity index (χ1v) is 16.0. The van der Waals surface area contributed by atoms with Crippen molar-refractivity contribution in [3.05, 3.63) is 53.4 Å². The molecule has 3 aliphatic rings. The number of ether oxygens (including phenoxy) is 3. The molecule has 3 aliphatic heterocycles. The molecule has 47 heavy (non-hydrogen) atoms. The van der Waals surface area contributed by atoms with E-state index in [1.807, 2.05) is 6.92 Å². The van der Waals surface area contributed by atoms with Crippen LogP contribution in [0.4, 0.5) is 29.9 Å². The fourth-order valence-electron chi connectivity index (χ4n) is 6.37. The van der Waals surface area contributed by atoms with Gasteiger partial charge in [0.05, 0.1) is 31.1 Å². The number of piperidine rings is 1. The van der Waals surface area contributed by atoms with E-state index < -0.39 is 41.1 Å². The topological polar surface area (TPSA) is 128 Å². The molecule has 0 spiro atoms. The quantitative estimate of drug-likeness (QED) is 0.330. The lowest BCUT2D eigenvalue weighted by Crippen LogP contribution is -2.43. The number of nitrogens with zero attached hydrogens (tertiary/aromatic N) is 6. The van der Waals surface area contributed by atoms with Crippen molar-refractivity contribution in [1.29, 1.82) is 0 Å². The molecule has 1 N–H and O–H groups in total. The predicted molar refractivity (Wildman–Crippen MR) is 164 cm³/mol. The van der Waals surface area contributed by atoms with E-state index in [1.54, 1.807) is 38.1 Å². The van der Waals surface area contributed by atoms with Crippen molar-refractivity contribution in [1.82, 2.24) is 25.4 Å². The number of anilines is 2. The predicted octanol–water partition coefficient (Wildman–Crippen LogP) is 4.96. The van der Waals surface area contributed by atoms with Gasteiger partial charge in [-0.15, -0.1) is 0 Å². The van der Waals surface area contributed by atoms with E-state index in [0.717, 1.165) is 45.0 Å². The molecule has 0 saturated carbocycles. The fraction of sp³-hybridized carbons (Fsp3) is 0.594. The van der Waals surface area contributed by atoms with Crippen molar-refractivity contribution >= 4 is 18.1 Å². The van der Waals surface area contributed by atoms with Gasteiger partial charge in [-0.3, -0.25) is 0 Å². The van der Waals surface area contributed by atoms with E-state index in [0.29, 0.717) is 42.1 Å². The first kappa shape index (κ1) is 32.8. The summed E-state index contributed by atoms with van der Waals surface area (Å²) in [4.78, 5) is 30.0. The maximum absolute atomic E-state index is 14.9. The highest BCUT2D eigenvalue weighted by Gasteiger charge is 2.39. The van der Waals surface area contributed by atoms with Crippen LogP contribution in [-0.4, -0.2) is 83.3 Å². The third-order valence-corrected chi connectivity index (χ3v) is 8.88. The second kappa shape index (κ2) is 13.5. The van der Waals surface area contributed by atoms with E-state index in [9.17, 15) is 18.0 Å². The standard InChI is InChI=1S/C32H40F3N7O5/c1-18(19-5-8-41(9-6-19)30-39-28(40-47-30)20-7-10-44-17-20)45-21-13-36-29(37-14-21)42-15-23(22-11-25(34)26(35)12-24(22)33)27(16-42)38-31(43)46-32(2,3)4/h11-14,18-20,23,27H,5-10,15-17H2,1-4H3,(H,38,43)/t18-,20-,23+,27-/m0/s1. The number of carbonyl (C=O) groups excluding carboxylic acids is 1. The molecule has 15 heteroatoms. The first-order chi connectivity index (χ1) is 22.4. The molecule has 4 atom stereocenters. The summed E-state index contributed by atoms with van der Waals surface area (Å²) in [5, 5.41) is 6.92. The Bertz CT molecular complexity index is 1540. The highest BCUT2D eigenvalue weighted by Crippen LogP contribution is 2.34. The summed E-state index contributed by atoms with van der Waals surface area (Å²) in [6.07, 6.45) is 5.00. The average molecular weight is 660 g/mol. The third kappa shape index (κ3) is 7.71. The molecule has 2 aromatic heterocycles. The van der Waals surface area contributed by atoms with Crippen molar-refractivity contribution in [3.8, 4) is 5.75 Å². The van der Waals surface area contributed by atoms with Gasteiger partial charge in [0.2, 0.25) is 5.95 Å². The number of rotatable bonds is 8. The van der Waals surface area contributed by atoms with Crippen molar-refractivity contribution in [2.24, 2.45) is 5.92 Å². The molecule has 0 unspecified atom stereocenters. The number of nitrogens with one attached hydrogen (secondary N) is 1. The highest BCUT2D eigenvalue weighted by atomic mass is 19.2. The van der Waals surface area contributed by atoms with Crippen LogP contribution in [0, 0.1) is 23.4 Å². The van der Waals surface area contributed by atoms with Crippen molar-refractivity contribution in [2.45, 2.75) is 76.5 Å². The SMILES string of the molecule is C[C@H](Oc1cnc(N2C[C@H](NC(=O)OC(C)(C)C)[C@@H](c3cc(F)c(F)cc3F)C2)nc1)C1CCN(c2nc([C@H]3CCOC3)no2)CC1. The van der Waals surface area contributed by atoms with Gasteiger partial charge in [0.1, 0.15) is 11.4 Å². The van der Waals surface area contributed by atoms with E-state index in [4.69, 9.17) is 18.7 Å². The van der Waals surface area contributed by atoms with E-state index in [1.165, 1.54) is 0 Å². The van der Waals surface area contributed by atoms with Gasteiger partial charge >= 0.3 is 12.1 Å². The number of amides is 1. The number of aromatic nitrogens is 4. The molecule has 3 saturated heterocycles. The van der Waals surface area contributed by atoms with Gasteiger partial charge in [0.25, 0.3) is 0 Å². The number of carbonyl (C=O) groups is 1. The Balaban J connectivity index is 1.06. The van der Waals surface area contributed by atoms with Gasteiger partial charge in [-0.25, -0.2) is 27.9 Å². The van der Waals surface area contributed by atoms with Crippen LogP contribution in [0.25, 0.3) is 0 Å². The van der Waals surface area contributed by atoms with Crippen molar-refractivity contribution in [2.75, 3.05) is 49.2 Å². The maximum Gasteiger partial charge on any atom is 0.407 e. The van der Waals surface area contributed by atoms with E-state index in [-0.39, 0.29) is 30.7 Å². The van der Waals surface area contributed by atoms with E-state index in [2.05, 4.69) is 30.3 Å². The molecule has 6 rings (SSSR count). The molecule has 0 radical (unpaired) electrons. The molecule has 5 heterocycles.